The normalized spacial score (nSPS) is 17.6. The highest BCUT2D eigenvalue weighted by atomic mass is 79.9. The number of hydrogen-bond donors (Lipinski definition) is 1. The van der Waals surface area contributed by atoms with Gasteiger partial charge in [-0.15, -0.1) is 0 Å². The molecule has 0 unspecified atom stereocenters. The molecule has 1 aliphatic heterocycles. The fraction of sp³-hybridized carbons (Fsp3) is 0.462. The number of carboxylic acid groups (broad SMARTS) is 1. The molecule has 1 aliphatic rings. The highest BCUT2D eigenvalue weighted by Crippen LogP contribution is 2.24. The number of halogens is 2. The van der Waals surface area contributed by atoms with Crippen molar-refractivity contribution in [3.8, 4) is 0 Å². The van der Waals surface area contributed by atoms with Gasteiger partial charge in [0.05, 0.1) is 6.54 Å². The Hall–Kier alpha value is -0.430. The van der Waals surface area contributed by atoms with Gasteiger partial charge in [0.25, 0.3) is 0 Å². The van der Waals surface area contributed by atoms with Crippen molar-refractivity contribution in [3.63, 3.8) is 0 Å². The van der Waals surface area contributed by atoms with E-state index in [0.29, 0.717) is 0 Å². The van der Waals surface area contributed by atoms with Crippen LogP contribution in [0.5, 0.6) is 0 Å². The zero-order valence-corrected chi connectivity index (χ0v) is 13.7. The maximum atomic E-state index is 10.6. The lowest BCUT2D eigenvalue weighted by Gasteiger charge is -2.33. The number of piperazine rings is 1. The van der Waals surface area contributed by atoms with Gasteiger partial charge in [-0.3, -0.25) is 14.6 Å². The molecule has 0 bridgehead atoms. The van der Waals surface area contributed by atoms with E-state index < -0.39 is 5.97 Å². The molecule has 0 aliphatic carbocycles. The maximum Gasteiger partial charge on any atom is 0.317 e. The highest BCUT2D eigenvalue weighted by molar-refractivity contribution is 9.13. The molecule has 0 spiro atoms. The molecule has 1 N–H and O–H groups in total. The minimum absolute atomic E-state index is 0.150. The van der Waals surface area contributed by atoms with Crippen LogP contribution in [0.15, 0.2) is 27.1 Å². The van der Waals surface area contributed by atoms with Gasteiger partial charge in [0.2, 0.25) is 0 Å². The summed E-state index contributed by atoms with van der Waals surface area (Å²) in [5, 5.41) is 8.76. The first-order valence-corrected chi connectivity index (χ1v) is 7.73. The molecule has 1 aromatic carbocycles. The van der Waals surface area contributed by atoms with Crippen LogP contribution in [0.4, 0.5) is 0 Å². The van der Waals surface area contributed by atoms with Crippen molar-refractivity contribution in [2.24, 2.45) is 0 Å². The Morgan fingerprint density at radius 3 is 2.32 bits per heavy atom. The van der Waals surface area contributed by atoms with Crippen molar-refractivity contribution >= 4 is 37.8 Å². The third kappa shape index (κ3) is 4.56. The van der Waals surface area contributed by atoms with Gasteiger partial charge in [-0.05, 0) is 49.6 Å². The van der Waals surface area contributed by atoms with E-state index in [0.717, 1.165) is 41.7 Å². The summed E-state index contributed by atoms with van der Waals surface area (Å²) in [6, 6.07) is 6.27. The summed E-state index contributed by atoms with van der Waals surface area (Å²) in [7, 11) is 0. The first-order valence-electron chi connectivity index (χ1n) is 6.15. The van der Waals surface area contributed by atoms with Gasteiger partial charge in [-0.25, -0.2) is 0 Å². The predicted octanol–water partition coefficient (Wildman–Crippen LogP) is 2.41. The second-order valence-electron chi connectivity index (χ2n) is 4.69. The predicted molar refractivity (Wildman–Crippen MR) is 81.2 cm³/mol. The van der Waals surface area contributed by atoms with Crippen molar-refractivity contribution in [2.75, 3.05) is 32.7 Å². The van der Waals surface area contributed by atoms with Gasteiger partial charge in [-0.2, -0.15) is 0 Å². The Labute approximate surface area is 129 Å². The quantitative estimate of drug-likeness (QED) is 0.855. The third-order valence-corrected chi connectivity index (χ3v) is 5.09. The monoisotopic (exact) mass is 390 g/mol. The van der Waals surface area contributed by atoms with Crippen LogP contribution in [0.3, 0.4) is 0 Å². The summed E-state index contributed by atoms with van der Waals surface area (Å²) in [6.45, 7) is 4.54. The molecule has 0 atom stereocenters. The molecular weight excluding hydrogens is 376 g/mol. The van der Waals surface area contributed by atoms with Gasteiger partial charge in [-0.1, -0.05) is 6.07 Å². The molecule has 6 heteroatoms. The van der Waals surface area contributed by atoms with Crippen LogP contribution < -0.4 is 0 Å². The summed E-state index contributed by atoms with van der Waals surface area (Å²) < 4.78 is 2.12. The standard InChI is InChI=1S/C13H16Br2N2O2/c14-11-2-1-10(7-12(11)15)8-16-3-5-17(6-4-16)9-13(18)19/h1-2,7H,3-6,8-9H2,(H,18,19). The van der Waals surface area contributed by atoms with Gasteiger partial charge >= 0.3 is 5.97 Å². The molecule has 1 heterocycles. The van der Waals surface area contributed by atoms with E-state index in [9.17, 15) is 4.79 Å². The average molecular weight is 392 g/mol. The second-order valence-corrected chi connectivity index (χ2v) is 6.40. The van der Waals surface area contributed by atoms with Gasteiger partial charge in [0.15, 0.2) is 0 Å². The van der Waals surface area contributed by atoms with Gasteiger partial charge < -0.3 is 5.11 Å². The second kappa shape index (κ2) is 6.83. The fourth-order valence-corrected chi connectivity index (χ4v) is 2.87. The molecule has 1 saturated heterocycles. The topological polar surface area (TPSA) is 43.8 Å². The van der Waals surface area contributed by atoms with Gasteiger partial charge in [0, 0.05) is 41.7 Å². The lowest BCUT2D eigenvalue weighted by Crippen LogP contribution is -2.47. The molecule has 4 nitrogen and oxygen atoms in total. The van der Waals surface area contributed by atoms with Crippen molar-refractivity contribution in [1.82, 2.24) is 9.80 Å². The minimum Gasteiger partial charge on any atom is -0.480 e. The van der Waals surface area contributed by atoms with E-state index in [1.54, 1.807) is 0 Å². The van der Waals surface area contributed by atoms with Crippen LogP contribution in [0.2, 0.25) is 0 Å². The highest BCUT2D eigenvalue weighted by Gasteiger charge is 2.18. The van der Waals surface area contributed by atoms with Crippen molar-refractivity contribution < 1.29 is 9.90 Å². The molecule has 0 amide bonds. The smallest absolute Gasteiger partial charge is 0.317 e. The number of carbonyl (C=O) groups is 1. The van der Waals surface area contributed by atoms with E-state index in [-0.39, 0.29) is 6.54 Å². The summed E-state index contributed by atoms with van der Waals surface area (Å²) in [5.74, 6) is -0.745. The summed E-state index contributed by atoms with van der Waals surface area (Å²) >= 11 is 6.97. The molecule has 0 radical (unpaired) electrons. The molecule has 104 valence electrons. The minimum atomic E-state index is -0.745. The zero-order chi connectivity index (χ0) is 13.8. The van der Waals surface area contributed by atoms with Crippen molar-refractivity contribution in [2.45, 2.75) is 6.54 Å². The summed E-state index contributed by atoms with van der Waals surface area (Å²) in [4.78, 5) is 15.0. The van der Waals surface area contributed by atoms with Crippen LogP contribution in [0, 0.1) is 0 Å². The lowest BCUT2D eigenvalue weighted by atomic mass is 10.2. The number of benzene rings is 1. The zero-order valence-electron chi connectivity index (χ0n) is 10.5. The molecule has 1 fully saturated rings. The van der Waals surface area contributed by atoms with Crippen LogP contribution >= 0.6 is 31.9 Å². The Balaban J connectivity index is 1.85. The molecule has 19 heavy (non-hydrogen) atoms. The summed E-state index contributed by atoms with van der Waals surface area (Å²) in [5.41, 5.74) is 1.27. The van der Waals surface area contributed by atoms with Crippen LogP contribution in [-0.2, 0) is 11.3 Å². The Morgan fingerprint density at radius 1 is 1.11 bits per heavy atom. The van der Waals surface area contributed by atoms with Crippen LogP contribution in [-0.4, -0.2) is 53.6 Å². The Bertz CT molecular complexity index is 460. The average Bonchev–Trinajstić information content (AvgIpc) is 2.36. The largest absolute Gasteiger partial charge is 0.480 e. The lowest BCUT2D eigenvalue weighted by molar-refractivity contribution is -0.138. The van der Waals surface area contributed by atoms with E-state index in [2.05, 4.69) is 48.9 Å². The molecule has 0 aromatic heterocycles. The van der Waals surface area contributed by atoms with Crippen molar-refractivity contribution in [3.05, 3.63) is 32.7 Å². The molecule has 0 saturated carbocycles. The van der Waals surface area contributed by atoms with Crippen molar-refractivity contribution in [1.29, 1.82) is 0 Å². The number of aliphatic carboxylic acids is 1. The maximum absolute atomic E-state index is 10.6. The fourth-order valence-electron chi connectivity index (χ4n) is 2.19. The first-order chi connectivity index (χ1) is 9.04. The molecule has 2 rings (SSSR count). The van der Waals surface area contributed by atoms with Crippen LogP contribution in [0.25, 0.3) is 0 Å². The Morgan fingerprint density at radius 2 is 1.74 bits per heavy atom. The summed E-state index contributed by atoms with van der Waals surface area (Å²) in [6.07, 6.45) is 0. The van der Waals surface area contributed by atoms with E-state index in [1.165, 1.54) is 5.56 Å². The SMILES string of the molecule is O=C(O)CN1CCN(Cc2ccc(Br)c(Br)c2)CC1. The molecular formula is C13H16Br2N2O2. The number of nitrogens with zero attached hydrogens (tertiary/aromatic N) is 2. The van der Waals surface area contributed by atoms with E-state index in [1.807, 2.05) is 11.0 Å². The Kier molecular flexibility index (Phi) is 5.38. The number of carboxylic acids is 1. The number of rotatable bonds is 4. The van der Waals surface area contributed by atoms with Crippen LogP contribution in [0.1, 0.15) is 5.56 Å². The third-order valence-electron chi connectivity index (χ3n) is 3.21. The van der Waals surface area contributed by atoms with E-state index >= 15 is 0 Å². The van der Waals surface area contributed by atoms with E-state index in [4.69, 9.17) is 5.11 Å². The van der Waals surface area contributed by atoms with Gasteiger partial charge in [0.1, 0.15) is 0 Å². The first kappa shape index (κ1) is 15.0. The number of hydrogen-bond acceptors (Lipinski definition) is 3. The molecule has 1 aromatic rings.